The Hall–Kier alpha value is -1.05. The van der Waals surface area contributed by atoms with Crippen molar-refractivity contribution in [2.45, 2.75) is 119 Å². The molecule has 4 aliphatic rings. The van der Waals surface area contributed by atoms with Crippen LogP contribution in [0.5, 0.6) is 0 Å². The summed E-state index contributed by atoms with van der Waals surface area (Å²) in [4.78, 5) is 11.0. The highest BCUT2D eigenvalue weighted by molar-refractivity contribution is 5.66. The molecule has 0 aromatic rings. The number of fused-ring (bicyclic) bond motifs is 5. The van der Waals surface area contributed by atoms with Crippen molar-refractivity contribution in [3.63, 3.8) is 0 Å². The van der Waals surface area contributed by atoms with Gasteiger partial charge in [-0.05, 0) is 112 Å². The lowest BCUT2D eigenvalue weighted by atomic mass is 9.47. The molecule has 0 aromatic carbocycles. The van der Waals surface area contributed by atoms with Gasteiger partial charge in [-0.3, -0.25) is 4.79 Å². The van der Waals surface area contributed by atoms with Gasteiger partial charge in [0.2, 0.25) is 0 Å². The van der Waals surface area contributed by atoms with Crippen LogP contribution in [0.15, 0.2) is 23.8 Å². The minimum Gasteiger partial charge on any atom is -0.481 e. The molecule has 0 radical (unpaired) electrons. The van der Waals surface area contributed by atoms with Crippen LogP contribution in [-0.4, -0.2) is 11.1 Å². The van der Waals surface area contributed by atoms with Gasteiger partial charge in [-0.15, -0.1) is 0 Å². The first-order chi connectivity index (χ1) is 14.8. The zero-order chi connectivity index (χ0) is 22.6. The molecule has 2 heteroatoms. The van der Waals surface area contributed by atoms with Gasteiger partial charge < -0.3 is 5.11 Å². The lowest BCUT2D eigenvalue weighted by Gasteiger charge is -2.58. The summed E-state index contributed by atoms with van der Waals surface area (Å²) < 4.78 is 0. The summed E-state index contributed by atoms with van der Waals surface area (Å²) in [5.74, 6) is 3.33. The van der Waals surface area contributed by atoms with Crippen molar-refractivity contribution in [1.82, 2.24) is 0 Å². The van der Waals surface area contributed by atoms with E-state index in [1.54, 1.807) is 5.57 Å². The van der Waals surface area contributed by atoms with Crippen LogP contribution in [0.2, 0.25) is 0 Å². The second-order valence-corrected chi connectivity index (χ2v) is 11.6. The summed E-state index contributed by atoms with van der Waals surface area (Å²) in [7, 11) is 0. The standard InChI is InChI=1S/C24H38O2.C5H10.CH4/c1-16(7-12-22(25)26)19-10-11-20-18-9-8-17-6-4-5-14-23(17,2)21(18)13-15-24(19,20)3;1-3-5-4-2;/h8,16,18-21H,4-7,9-15H2,1-3H3,(H,25,26);3,5H,4H2,1-2H3;1H4/b;5-3+;/t16-,18?,19?,20?,21?,23+,24-;;/m1../s1. The molecule has 0 saturated heterocycles. The van der Waals surface area contributed by atoms with Gasteiger partial charge in [0.05, 0.1) is 0 Å². The zero-order valence-electron chi connectivity index (χ0n) is 21.0. The highest BCUT2D eigenvalue weighted by Gasteiger charge is 2.58. The van der Waals surface area contributed by atoms with Gasteiger partial charge in [0.15, 0.2) is 0 Å². The Balaban J connectivity index is 0.000000548. The maximum absolute atomic E-state index is 11.0. The first-order valence-electron chi connectivity index (χ1n) is 13.3. The van der Waals surface area contributed by atoms with Crippen molar-refractivity contribution in [2.75, 3.05) is 0 Å². The molecule has 1 N–H and O–H groups in total. The van der Waals surface area contributed by atoms with Crippen LogP contribution in [0, 0.1) is 40.4 Å². The summed E-state index contributed by atoms with van der Waals surface area (Å²) in [6, 6.07) is 0. The molecule has 0 heterocycles. The third-order valence-corrected chi connectivity index (χ3v) is 10.1. The summed E-state index contributed by atoms with van der Waals surface area (Å²) >= 11 is 0. The molecule has 184 valence electrons. The average Bonchev–Trinajstić information content (AvgIpc) is 3.10. The summed E-state index contributed by atoms with van der Waals surface area (Å²) in [5, 5.41) is 9.09. The second-order valence-electron chi connectivity index (χ2n) is 11.6. The van der Waals surface area contributed by atoms with E-state index in [2.05, 4.69) is 45.9 Å². The number of carbonyl (C=O) groups is 1. The number of hydrogen-bond acceptors (Lipinski definition) is 1. The molecule has 2 nitrogen and oxygen atoms in total. The summed E-state index contributed by atoms with van der Waals surface area (Å²) in [6.07, 6.45) is 21.6. The number of carboxylic acids is 1. The van der Waals surface area contributed by atoms with Crippen LogP contribution in [0.4, 0.5) is 0 Å². The van der Waals surface area contributed by atoms with E-state index < -0.39 is 5.97 Å². The molecule has 0 bridgehead atoms. The van der Waals surface area contributed by atoms with Gasteiger partial charge in [0, 0.05) is 6.42 Å². The van der Waals surface area contributed by atoms with E-state index >= 15 is 0 Å². The number of hydrogen-bond donors (Lipinski definition) is 1. The molecular weight excluding hydrogens is 392 g/mol. The Morgan fingerprint density at radius 1 is 1.19 bits per heavy atom. The zero-order valence-corrected chi connectivity index (χ0v) is 21.0. The Morgan fingerprint density at radius 3 is 2.56 bits per heavy atom. The molecular formula is C30H52O2. The van der Waals surface area contributed by atoms with E-state index in [0.29, 0.717) is 23.2 Å². The van der Waals surface area contributed by atoms with Gasteiger partial charge in [-0.1, -0.05) is 65.3 Å². The molecule has 4 aliphatic carbocycles. The van der Waals surface area contributed by atoms with Crippen LogP contribution >= 0.6 is 0 Å². The fourth-order valence-corrected chi connectivity index (χ4v) is 8.46. The monoisotopic (exact) mass is 444 g/mol. The normalized spacial score (nSPS) is 38.8. The van der Waals surface area contributed by atoms with Crippen molar-refractivity contribution in [1.29, 1.82) is 0 Å². The molecule has 3 saturated carbocycles. The van der Waals surface area contributed by atoms with Crippen LogP contribution < -0.4 is 0 Å². The van der Waals surface area contributed by atoms with E-state index in [0.717, 1.165) is 36.5 Å². The molecule has 7 atom stereocenters. The van der Waals surface area contributed by atoms with Gasteiger partial charge in [0.25, 0.3) is 0 Å². The lowest BCUT2D eigenvalue weighted by Crippen LogP contribution is -2.50. The third kappa shape index (κ3) is 5.20. The summed E-state index contributed by atoms with van der Waals surface area (Å²) in [6.45, 7) is 11.7. The van der Waals surface area contributed by atoms with E-state index in [-0.39, 0.29) is 7.43 Å². The second kappa shape index (κ2) is 11.4. The Bertz CT molecular complexity index is 676. The minimum absolute atomic E-state index is 0. The molecule has 4 unspecified atom stereocenters. The van der Waals surface area contributed by atoms with E-state index in [1.165, 1.54) is 57.8 Å². The van der Waals surface area contributed by atoms with E-state index in [1.807, 2.05) is 6.92 Å². The molecule has 32 heavy (non-hydrogen) atoms. The SMILES string of the molecule is C.C/C=C/CC.C[C@H](CCC(=O)O)C1CCC2C3CC=C4CCCC[C@]4(C)C3CC[C@@]21C. The smallest absolute Gasteiger partial charge is 0.303 e. The maximum Gasteiger partial charge on any atom is 0.303 e. The van der Waals surface area contributed by atoms with Crippen molar-refractivity contribution < 1.29 is 9.90 Å². The van der Waals surface area contributed by atoms with Crippen molar-refractivity contribution in [3.8, 4) is 0 Å². The van der Waals surface area contributed by atoms with Crippen molar-refractivity contribution >= 4 is 5.97 Å². The molecule has 0 spiro atoms. The first kappa shape index (κ1) is 27.2. The van der Waals surface area contributed by atoms with Crippen LogP contribution in [-0.2, 0) is 4.79 Å². The topological polar surface area (TPSA) is 37.3 Å². The number of allylic oxidation sites excluding steroid dienone is 4. The van der Waals surface area contributed by atoms with Crippen molar-refractivity contribution in [2.24, 2.45) is 40.4 Å². The highest BCUT2D eigenvalue weighted by Crippen LogP contribution is 2.67. The van der Waals surface area contributed by atoms with Gasteiger partial charge in [-0.25, -0.2) is 0 Å². The van der Waals surface area contributed by atoms with Crippen molar-refractivity contribution in [3.05, 3.63) is 23.8 Å². The third-order valence-electron chi connectivity index (χ3n) is 10.1. The van der Waals surface area contributed by atoms with Gasteiger partial charge in [0.1, 0.15) is 0 Å². The molecule has 0 aliphatic heterocycles. The highest BCUT2D eigenvalue weighted by atomic mass is 16.4. The molecule has 3 fully saturated rings. The quantitative estimate of drug-likeness (QED) is 0.429. The molecule has 0 amide bonds. The fourth-order valence-electron chi connectivity index (χ4n) is 8.46. The minimum atomic E-state index is -0.629. The fraction of sp³-hybridized carbons (Fsp3) is 0.833. The van der Waals surface area contributed by atoms with Crippen LogP contribution in [0.3, 0.4) is 0 Å². The Morgan fingerprint density at radius 2 is 1.94 bits per heavy atom. The molecule has 4 rings (SSSR count). The Kier molecular flexibility index (Phi) is 9.68. The largest absolute Gasteiger partial charge is 0.481 e. The van der Waals surface area contributed by atoms with E-state index in [9.17, 15) is 4.79 Å². The number of aliphatic carboxylic acids is 1. The van der Waals surface area contributed by atoms with Crippen LogP contribution in [0.1, 0.15) is 119 Å². The Labute approximate surface area is 199 Å². The predicted molar refractivity (Wildman–Crippen MR) is 138 cm³/mol. The maximum atomic E-state index is 11.0. The van der Waals surface area contributed by atoms with Crippen LogP contribution in [0.25, 0.3) is 0 Å². The predicted octanol–water partition coefficient (Wildman–Crippen LogP) is 9.07. The average molecular weight is 445 g/mol. The van der Waals surface area contributed by atoms with Gasteiger partial charge in [-0.2, -0.15) is 0 Å². The molecule has 0 aromatic heterocycles. The number of rotatable bonds is 5. The van der Waals surface area contributed by atoms with E-state index in [4.69, 9.17) is 5.11 Å². The van der Waals surface area contributed by atoms with Gasteiger partial charge >= 0.3 is 5.97 Å². The summed E-state index contributed by atoms with van der Waals surface area (Å²) in [5.41, 5.74) is 2.75. The number of carboxylic acid groups (broad SMARTS) is 1. The lowest BCUT2D eigenvalue weighted by molar-refractivity contribution is -0.137. The first-order valence-corrected chi connectivity index (χ1v) is 13.3.